The molecular formula is C10H12NO+. The molecule has 62 valence electrons. The lowest BCUT2D eigenvalue weighted by molar-refractivity contribution is -0.861. The van der Waals surface area contributed by atoms with E-state index in [2.05, 4.69) is 19.9 Å². The summed E-state index contributed by atoms with van der Waals surface area (Å²) in [5.41, 5.74) is 2.17. The Balaban J connectivity index is 2.78. The number of nitrogens with zero attached hydrogens (tertiary/aromatic N) is 1. The molecule has 0 N–H and O–H groups in total. The fourth-order valence-corrected chi connectivity index (χ4v) is 1.47. The predicted molar refractivity (Wildman–Crippen MR) is 46.8 cm³/mol. The van der Waals surface area contributed by atoms with Crippen molar-refractivity contribution in [3.63, 3.8) is 0 Å². The lowest BCUT2D eigenvalue weighted by Crippen LogP contribution is -2.32. The van der Waals surface area contributed by atoms with E-state index in [4.69, 9.17) is 4.52 Å². The summed E-state index contributed by atoms with van der Waals surface area (Å²) in [6.45, 7) is 5.05. The molecule has 12 heavy (non-hydrogen) atoms. The number of aryl methyl sites for hydroxylation is 2. The zero-order chi connectivity index (χ0) is 8.55. The summed E-state index contributed by atoms with van der Waals surface area (Å²) >= 11 is 0. The molecule has 0 amide bonds. The Hall–Kier alpha value is -1.31. The van der Waals surface area contributed by atoms with Gasteiger partial charge in [0.25, 0.3) is 0 Å². The van der Waals surface area contributed by atoms with Crippen LogP contribution in [0.5, 0.6) is 0 Å². The van der Waals surface area contributed by atoms with Gasteiger partial charge in [0.05, 0.1) is 5.39 Å². The van der Waals surface area contributed by atoms with E-state index in [1.165, 1.54) is 11.1 Å². The molecule has 1 heterocycles. The molecule has 0 aliphatic carbocycles. The van der Waals surface area contributed by atoms with Gasteiger partial charge in [-0.25, -0.2) is 4.52 Å². The molecule has 0 bridgehead atoms. The van der Waals surface area contributed by atoms with Gasteiger partial charge in [-0.15, -0.1) is 0 Å². The van der Waals surface area contributed by atoms with Gasteiger partial charge in [-0.2, -0.15) is 0 Å². The van der Waals surface area contributed by atoms with Crippen molar-refractivity contribution >= 4 is 11.0 Å². The van der Waals surface area contributed by atoms with Crippen molar-refractivity contribution in [2.24, 2.45) is 0 Å². The van der Waals surface area contributed by atoms with Crippen molar-refractivity contribution in [2.45, 2.75) is 20.4 Å². The second kappa shape index (κ2) is 2.63. The van der Waals surface area contributed by atoms with E-state index >= 15 is 0 Å². The molecular weight excluding hydrogens is 150 g/mol. The Bertz CT molecular complexity index is 403. The molecule has 2 rings (SSSR count). The van der Waals surface area contributed by atoms with Crippen molar-refractivity contribution in [3.05, 3.63) is 30.0 Å². The minimum Gasteiger partial charge on any atom is -0.236 e. The average Bonchev–Trinajstić information content (AvgIpc) is 2.44. The van der Waals surface area contributed by atoms with Crippen LogP contribution in [0.3, 0.4) is 0 Å². The molecule has 0 atom stereocenters. The van der Waals surface area contributed by atoms with Crippen molar-refractivity contribution in [2.75, 3.05) is 0 Å². The molecule has 1 aromatic heterocycles. The predicted octanol–water partition coefficient (Wildman–Crippen LogP) is 2.05. The second-order valence-electron chi connectivity index (χ2n) is 2.87. The SMILES string of the molecule is CC[n+]1oc2ccccc2c1C. The Labute approximate surface area is 71.4 Å². The first-order valence-corrected chi connectivity index (χ1v) is 4.21. The maximum atomic E-state index is 5.56. The van der Waals surface area contributed by atoms with E-state index in [0.717, 1.165) is 12.1 Å². The van der Waals surface area contributed by atoms with E-state index in [1.807, 2.05) is 22.9 Å². The summed E-state index contributed by atoms with van der Waals surface area (Å²) in [7, 11) is 0. The highest BCUT2D eigenvalue weighted by atomic mass is 16.5. The van der Waals surface area contributed by atoms with Crippen LogP contribution in [0.25, 0.3) is 11.0 Å². The van der Waals surface area contributed by atoms with E-state index in [1.54, 1.807) is 0 Å². The number of para-hydroxylation sites is 1. The Morgan fingerprint density at radius 1 is 1.33 bits per heavy atom. The van der Waals surface area contributed by atoms with E-state index in [9.17, 15) is 0 Å². The molecule has 0 spiro atoms. The Morgan fingerprint density at radius 2 is 2.08 bits per heavy atom. The number of fused-ring (bicyclic) bond motifs is 1. The lowest BCUT2D eigenvalue weighted by atomic mass is 10.2. The lowest BCUT2D eigenvalue weighted by Gasteiger charge is -1.80. The minimum absolute atomic E-state index is 0.889. The zero-order valence-corrected chi connectivity index (χ0v) is 7.37. The van der Waals surface area contributed by atoms with Crippen LogP contribution >= 0.6 is 0 Å². The van der Waals surface area contributed by atoms with Gasteiger partial charge < -0.3 is 0 Å². The highest BCUT2D eigenvalue weighted by molar-refractivity contribution is 5.77. The van der Waals surface area contributed by atoms with Gasteiger partial charge >= 0.3 is 0 Å². The number of rotatable bonds is 1. The quantitative estimate of drug-likeness (QED) is 0.586. The molecule has 0 radical (unpaired) electrons. The standard InChI is InChI=1S/C10H12NO/c1-3-11-8(2)9-6-4-5-7-10(9)12-11/h4-7H,3H2,1-2H3/q+1. The topological polar surface area (TPSA) is 17.0 Å². The monoisotopic (exact) mass is 162 g/mol. The van der Waals surface area contributed by atoms with Crippen LogP contribution < -0.4 is 4.74 Å². The number of aromatic nitrogens is 1. The van der Waals surface area contributed by atoms with Crippen LogP contribution in [0.2, 0.25) is 0 Å². The summed E-state index contributed by atoms with van der Waals surface area (Å²) in [4.78, 5) is 0. The van der Waals surface area contributed by atoms with Crippen LogP contribution in [0.15, 0.2) is 28.8 Å². The fourth-order valence-electron chi connectivity index (χ4n) is 1.47. The van der Waals surface area contributed by atoms with Crippen LogP contribution in [-0.2, 0) is 6.54 Å². The zero-order valence-electron chi connectivity index (χ0n) is 7.37. The largest absolute Gasteiger partial charge is 0.236 e. The third-order valence-corrected chi connectivity index (χ3v) is 2.15. The number of benzene rings is 1. The molecule has 0 aliphatic heterocycles. The Morgan fingerprint density at radius 3 is 2.75 bits per heavy atom. The van der Waals surface area contributed by atoms with Gasteiger partial charge in [0.2, 0.25) is 11.3 Å². The van der Waals surface area contributed by atoms with Gasteiger partial charge in [-0.05, 0) is 23.8 Å². The van der Waals surface area contributed by atoms with Crippen LogP contribution in [0, 0.1) is 6.92 Å². The van der Waals surface area contributed by atoms with Crippen molar-refractivity contribution in [1.29, 1.82) is 0 Å². The third kappa shape index (κ3) is 0.916. The minimum atomic E-state index is 0.889. The molecule has 0 saturated carbocycles. The molecule has 0 aliphatic rings. The maximum absolute atomic E-state index is 5.56. The molecule has 0 fully saturated rings. The number of hydrogen-bond acceptors (Lipinski definition) is 1. The molecule has 2 aromatic rings. The molecule has 0 saturated heterocycles. The highest BCUT2D eigenvalue weighted by Crippen LogP contribution is 2.14. The number of hydrogen-bond donors (Lipinski definition) is 0. The van der Waals surface area contributed by atoms with Gasteiger partial charge in [0.1, 0.15) is 0 Å². The van der Waals surface area contributed by atoms with Gasteiger partial charge in [-0.1, -0.05) is 12.1 Å². The fraction of sp³-hybridized carbons (Fsp3) is 0.300. The first-order chi connectivity index (χ1) is 5.83. The van der Waals surface area contributed by atoms with Gasteiger partial charge in [0.15, 0.2) is 6.54 Å². The van der Waals surface area contributed by atoms with E-state index in [-0.39, 0.29) is 0 Å². The molecule has 1 aromatic carbocycles. The summed E-state index contributed by atoms with van der Waals surface area (Å²) in [6.07, 6.45) is 0. The van der Waals surface area contributed by atoms with Gasteiger partial charge in [0, 0.05) is 6.92 Å². The smallest absolute Gasteiger partial charge is 0.236 e. The first-order valence-electron chi connectivity index (χ1n) is 4.21. The van der Waals surface area contributed by atoms with Crippen LogP contribution in [0.4, 0.5) is 0 Å². The Kier molecular flexibility index (Phi) is 1.61. The van der Waals surface area contributed by atoms with Crippen molar-refractivity contribution in [3.8, 4) is 0 Å². The summed E-state index contributed by atoms with van der Waals surface area (Å²) in [6, 6.07) is 8.10. The second-order valence-corrected chi connectivity index (χ2v) is 2.87. The van der Waals surface area contributed by atoms with E-state index < -0.39 is 0 Å². The third-order valence-electron chi connectivity index (χ3n) is 2.15. The summed E-state index contributed by atoms with van der Waals surface area (Å²) < 4.78 is 7.47. The summed E-state index contributed by atoms with van der Waals surface area (Å²) in [5, 5.41) is 1.21. The maximum Gasteiger partial charge on any atom is 0.236 e. The molecule has 2 nitrogen and oxygen atoms in total. The van der Waals surface area contributed by atoms with Crippen molar-refractivity contribution < 1.29 is 9.26 Å². The summed E-state index contributed by atoms with van der Waals surface area (Å²) in [5.74, 6) is 0. The van der Waals surface area contributed by atoms with E-state index in [0.29, 0.717) is 0 Å². The first kappa shape index (κ1) is 7.35. The molecule has 0 unspecified atom stereocenters. The van der Waals surface area contributed by atoms with Crippen LogP contribution in [0.1, 0.15) is 12.6 Å². The normalized spacial score (nSPS) is 10.8. The van der Waals surface area contributed by atoms with Crippen molar-refractivity contribution in [1.82, 2.24) is 0 Å². The van der Waals surface area contributed by atoms with Gasteiger partial charge in [-0.3, -0.25) is 0 Å². The molecule has 2 heteroatoms. The average molecular weight is 162 g/mol. The van der Waals surface area contributed by atoms with Crippen LogP contribution in [-0.4, -0.2) is 0 Å². The highest BCUT2D eigenvalue weighted by Gasteiger charge is 2.14.